The van der Waals surface area contributed by atoms with Gasteiger partial charge in [-0.05, 0) is 43.9 Å². The van der Waals surface area contributed by atoms with Gasteiger partial charge in [-0.3, -0.25) is 0 Å². The van der Waals surface area contributed by atoms with Crippen molar-refractivity contribution in [3.05, 3.63) is 35.6 Å². The summed E-state index contributed by atoms with van der Waals surface area (Å²) in [5, 5.41) is 9.58. The lowest BCUT2D eigenvalue weighted by molar-refractivity contribution is 0.110. The van der Waals surface area contributed by atoms with Crippen molar-refractivity contribution in [1.29, 1.82) is 0 Å². The molecule has 1 fully saturated rings. The molecule has 1 unspecified atom stereocenters. The molecule has 1 aliphatic rings. The summed E-state index contributed by atoms with van der Waals surface area (Å²) < 4.78 is 12.9. The number of hydrogen-bond acceptors (Lipinski definition) is 1. The number of aliphatic hydroxyl groups excluding tert-OH is 1. The highest BCUT2D eigenvalue weighted by Crippen LogP contribution is 2.51. The second kappa shape index (κ2) is 3.35. The van der Waals surface area contributed by atoms with E-state index < -0.39 is 0 Å². The van der Waals surface area contributed by atoms with Crippen LogP contribution in [0.5, 0.6) is 0 Å². The van der Waals surface area contributed by atoms with Gasteiger partial charge >= 0.3 is 0 Å². The van der Waals surface area contributed by atoms with E-state index >= 15 is 0 Å². The van der Waals surface area contributed by atoms with Crippen LogP contribution in [0.15, 0.2) is 24.3 Å². The van der Waals surface area contributed by atoms with E-state index in [1.807, 2.05) is 13.0 Å². The number of hydrogen-bond donors (Lipinski definition) is 1. The van der Waals surface area contributed by atoms with Gasteiger partial charge in [0.25, 0.3) is 0 Å². The molecule has 1 aliphatic carbocycles. The maximum Gasteiger partial charge on any atom is 0.123 e. The molecule has 0 aliphatic heterocycles. The molecule has 1 aromatic rings. The van der Waals surface area contributed by atoms with Crippen molar-refractivity contribution in [2.45, 2.75) is 32.3 Å². The zero-order valence-corrected chi connectivity index (χ0v) is 8.33. The van der Waals surface area contributed by atoms with E-state index in [-0.39, 0.29) is 17.3 Å². The van der Waals surface area contributed by atoms with E-state index in [0.717, 1.165) is 24.8 Å². The van der Waals surface area contributed by atoms with E-state index in [1.54, 1.807) is 12.1 Å². The average molecular weight is 194 g/mol. The molecule has 1 N–H and O–H groups in total. The lowest BCUT2D eigenvalue weighted by Crippen LogP contribution is -2.20. The van der Waals surface area contributed by atoms with Gasteiger partial charge in [-0.2, -0.15) is 0 Å². The van der Waals surface area contributed by atoms with E-state index in [2.05, 4.69) is 0 Å². The molecule has 0 amide bonds. The van der Waals surface area contributed by atoms with Gasteiger partial charge in [-0.25, -0.2) is 4.39 Å². The minimum absolute atomic E-state index is 0.0355. The molecule has 1 aromatic carbocycles. The van der Waals surface area contributed by atoms with Crippen LogP contribution in [0.25, 0.3) is 0 Å². The summed E-state index contributed by atoms with van der Waals surface area (Å²) >= 11 is 0. The van der Waals surface area contributed by atoms with Crippen LogP contribution in [-0.2, 0) is 6.42 Å². The Hall–Kier alpha value is -0.890. The van der Waals surface area contributed by atoms with Gasteiger partial charge < -0.3 is 5.11 Å². The van der Waals surface area contributed by atoms with Crippen LogP contribution in [0.3, 0.4) is 0 Å². The van der Waals surface area contributed by atoms with Crippen molar-refractivity contribution in [3.63, 3.8) is 0 Å². The quantitative estimate of drug-likeness (QED) is 0.784. The number of halogens is 1. The third kappa shape index (κ3) is 1.80. The third-order valence-corrected chi connectivity index (χ3v) is 3.22. The number of rotatable bonds is 3. The van der Waals surface area contributed by atoms with Crippen LogP contribution in [0.2, 0.25) is 0 Å². The maximum atomic E-state index is 12.9. The summed E-state index contributed by atoms with van der Waals surface area (Å²) in [6.45, 7) is 1.83. The molecule has 0 saturated heterocycles. The second-order valence-electron chi connectivity index (χ2n) is 4.35. The van der Waals surface area contributed by atoms with E-state index in [4.69, 9.17) is 0 Å². The Morgan fingerprint density at radius 1 is 1.50 bits per heavy atom. The van der Waals surface area contributed by atoms with Crippen LogP contribution < -0.4 is 0 Å². The van der Waals surface area contributed by atoms with Gasteiger partial charge in [0.05, 0.1) is 6.10 Å². The molecule has 0 radical (unpaired) electrons. The molecule has 0 heterocycles. The Kier molecular flexibility index (Phi) is 2.31. The monoisotopic (exact) mass is 194 g/mol. The summed E-state index contributed by atoms with van der Waals surface area (Å²) in [5.41, 5.74) is 1.02. The Labute approximate surface area is 83.6 Å². The lowest BCUT2D eigenvalue weighted by atomic mass is 9.92. The molecule has 1 saturated carbocycles. The Balaban J connectivity index is 2.11. The molecule has 1 atom stereocenters. The van der Waals surface area contributed by atoms with Crippen molar-refractivity contribution < 1.29 is 9.50 Å². The molecular formula is C12H15FO. The van der Waals surface area contributed by atoms with Crippen LogP contribution in [0, 0.1) is 11.2 Å². The first-order valence-electron chi connectivity index (χ1n) is 5.05. The molecule has 1 nitrogen and oxygen atoms in total. The molecule has 76 valence electrons. The second-order valence-corrected chi connectivity index (χ2v) is 4.35. The summed E-state index contributed by atoms with van der Waals surface area (Å²) in [4.78, 5) is 0. The van der Waals surface area contributed by atoms with Gasteiger partial charge in [0.1, 0.15) is 5.82 Å². The molecule has 2 rings (SSSR count). The van der Waals surface area contributed by atoms with Crippen LogP contribution in [0.4, 0.5) is 4.39 Å². The molecule has 0 bridgehead atoms. The Morgan fingerprint density at radius 2 is 2.21 bits per heavy atom. The first-order valence-corrected chi connectivity index (χ1v) is 5.05. The normalized spacial score (nSPS) is 20.5. The maximum absolute atomic E-state index is 12.9. The summed E-state index contributed by atoms with van der Waals surface area (Å²) in [5.74, 6) is -0.191. The first-order chi connectivity index (χ1) is 6.62. The van der Waals surface area contributed by atoms with Crippen LogP contribution >= 0.6 is 0 Å². The highest BCUT2D eigenvalue weighted by atomic mass is 19.1. The van der Waals surface area contributed by atoms with Crippen molar-refractivity contribution in [2.75, 3.05) is 0 Å². The third-order valence-electron chi connectivity index (χ3n) is 3.22. The number of benzene rings is 1. The summed E-state index contributed by atoms with van der Waals surface area (Å²) in [6.07, 6.45) is 2.62. The molecule has 2 heteroatoms. The summed E-state index contributed by atoms with van der Waals surface area (Å²) in [6, 6.07) is 6.65. The minimum Gasteiger partial charge on any atom is -0.393 e. The van der Waals surface area contributed by atoms with Crippen molar-refractivity contribution >= 4 is 0 Å². The van der Waals surface area contributed by atoms with Crippen LogP contribution in [0.1, 0.15) is 25.3 Å². The molecule has 0 spiro atoms. The summed E-state index contributed by atoms with van der Waals surface area (Å²) in [7, 11) is 0. The molecule has 14 heavy (non-hydrogen) atoms. The zero-order valence-electron chi connectivity index (χ0n) is 8.33. The largest absolute Gasteiger partial charge is 0.393 e. The Morgan fingerprint density at radius 3 is 2.71 bits per heavy atom. The highest BCUT2D eigenvalue weighted by Gasteiger charge is 2.46. The van der Waals surface area contributed by atoms with Gasteiger partial charge in [-0.1, -0.05) is 12.1 Å². The van der Waals surface area contributed by atoms with Gasteiger partial charge in [0, 0.05) is 5.41 Å². The Bertz CT molecular complexity index is 329. The lowest BCUT2D eigenvalue weighted by Gasteiger charge is -2.18. The van der Waals surface area contributed by atoms with Gasteiger partial charge in [-0.15, -0.1) is 0 Å². The smallest absolute Gasteiger partial charge is 0.123 e. The predicted molar refractivity (Wildman–Crippen MR) is 53.5 cm³/mol. The SMILES string of the molecule is CC(O)C1(Cc2cccc(F)c2)CC1. The zero-order chi connectivity index (χ0) is 10.2. The minimum atomic E-state index is -0.286. The highest BCUT2D eigenvalue weighted by molar-refractivity contribution is 5.20. The van der Waals surface area contributed by atoms with Crippen molar-refractivity contribution in [1.82, 2.24) is 0 Å². The fourth-order valence-electron chi connectivity index (χ4n) is 1.96. The van der Waals surface area contributed by atoms with Crippen molar-refractivity contribution in [2.24, 2.45) is 5.41 Å². The fraction of sp³-hybridized carbons (Fsp3) is 0.500. The predicted octanol–water partition coefficient (Wildman–Crippen LogP) is 2.53. The van der Waals surface area contributed by atoms with Crippen molar-refractivity contribution in [3.8, 4) is 0 Å². The number of aliphatic hydroxyl groups is 1. The standard InChI is InChI=1S/C12H15FO/c1-9(14)12(5-6-12)8-10-3-2-4-11(13)7-10/h2-4,7,9,14H,5-6,8H2,1H3. The molecular weight excluding hydrogens is 179 g/mol. The first kappa shape index (κ1) is 9.66. The average Bonchev–Trinajstić information content (AvgIpc) is 2.85. The molecule has 0 aromatic heterocycles. The van der Waals surface area contributed by atoms with Crippen LogP contribution in [-0.4, -0.2) is 11.2 Å². The fourth-order valence-corrected chi connectivity index (χ4v) is 1.96. The van der Waals surface area contributed by atoms with E-state index in [9.17, 15) is 9.50 Å². The van der Waals surface area contributed by atoms with E-state index in [0.29, 0.717) is 0 Å². The van der Waals surface area contributed by atoms with Gasteiger partial charge in [0.15, 0.2) is 0 Å². The van der Waals surface area contributed by atoms with E-state index in [1.165, 1.54) is 6.07 Å². The van der Waals surface area contributed by atoms with Gasteiger partial charge in [0.2, 0.25) is 0 Å². The topological polar surface area (TPSA) is 20.2 Å².